The number of nitrogens with one attached hydrogen (secondary N) is 1. The number of rotatable bonds is 3. The molecule has 1 aliphatic rings. The quantitative estimate of drug-likeness (QED) is 0.641. The van der Waals surface area contributed by atoms with Gasteiger partial charge in [-0.1, -0.05) is 19.8 Å². The first-order chi connectivity index (χ1) is 4.93. The van der Waals surface area contributed by atoms with Gasteiger partial charge in [-0.05, 0) is 6.42 Å². The molecular weight excluding hydrogens is 126 g/mol. The zero-order chi connectivity index (χ0) is 7.23. The summed E-state index contributed by atoms with van der Waals surface area (Å²) in [5.41, 5.74) is 0. The number of morpholine rings is 1. The summed E-state index contributed by atoms with van der Waals surface area (Å²) in [5.74, 6) is 0. The van der Waals surface area contributed by atoms with E-state index in [2.05, 4.69) is 12.2 Å². The first-order valence-corrected chi connectivity index (χ1v) is 4.12. The molecule has 1 unspecified atom stereocenters. The third-order valence-electron chi connectivity index (χ3n) is 1.76. The number of ether oxygens (including phenoxy) is 1. The minimum Gasteiger partial charge on any atom is -0.373 e. The lowest BCUT2D eigenvalue weighted by molar-refractivity contribution is 0.133. The average molecular weight is 142 g/mol. The predicted molar refractivity (Wildman–Crippen MR) is 41.6 cm³/mol. The first kappa shape index (κ1) is 8.02. The lowest BCUT2D eigenvalue weighted by Gasteiger charge is -2.22. The van der Waals surface area contributed by atoms with E-state index in [-0.39, 0.29) is 0 Å². The Balaban J connectivity index is 2.02. The zero-order valence-electron chi connectivity index (χ0n) is 6.60. The van der Waals surface area contributed by atoms with Gasteiger partial charge in [-0.2, -0.15) is 0 Å². The third-order valence-corrected chi connectivity index (χ3v) is 1.76. The highest BCUT2D eigenvalue weighted by Gasteiger charge is 2.11. The molecule has 1 atom stereocenters. The van der Waals surface area contributed by atoms with Crippen molar-refractivity contribution in [2.24, 2.45) is 0 Å². The summed E-state index contributed by atoms with van der Waals surface area (Å²) in [7, 11) is 0. The van der Waals surface area contributed by atoms with Crippen molar-refractivity contribution in [1.82, 2.24) is 5.32 Å². The lowest BCUT2D eigenvalue weighted by atomic mass is 10.1. The molecule has 2 nitrogen and oxygen atoms in total. The molecule has 1 heterocycles. The van der Waals surface area contributed by atoms with Crippen molar-refractivity contribution in [2.75, 3.05) is 13.2 Å². The molecule has 1 radical (unpaired) electrons. The minimum absolute atomic E-state index is 0.508. The van der Waals surface area contributed by atoms with Crippen molar-refractivity contribution < 1.29 is 4.74 Å². The van der Waals surface area contributed by atoms with E-state index in [0.29, 0.717) is 6.04 Å². The normalized spacial score (nSPS) is 26.7. The van der Waals surface area contributed by atoms with E-state index in [1.54, 1.807) is 0 Å². The molecule has 0 amide bonds. The van der Waals surface area contributed by atoms with Gasteiger partial charge in [0.25, 0.3) is 0 Å². The standard InChI is InChI=1S/C8H16NO/c1-2-3-4-8-7-10-6-5-9-8/h7-9H,2-6H2,1H3. The van der Waals surface area contributed by atoms with E-state index < -0.39 is 0 Å². The molecule has 0 aromatic rings. The van der Waals surface area contributed by atoms with E-state index >= 15 is 0 Å². The monoisotopic (exact) mass is 142 g/mol. The Hall–Kier alpha value is -0.0800. The molecule has 1 N–H and O–H groups in total. The van der Waals surface area contributed by atoms with Gasteiger partial charge in [0, 0.05) is 12.6 Å². The Labute approximate surface area is 63.0 Å². The Morgan fingerprint density at radius 1 is 1.70 bits per heavy atom. The molecule has 0 spiro atoms. The van der Waals surface area contributed by atoms with E-state index in [0.717, 1.165) is 13.2 Å². The maximum Gasteiger partial charge on any atom is 0.100 e. The van der Waals surface area contributed by atoms with E-state index in [1.807, 2.05) is 6.61 Å². The maximum atomic E-state index is 5.19. The summed E-state index contributed by atoms with van der Waals surface area (Å²) in [5, 5.41) is 3.37. The van der Waals surface area contributed by atoms with Crippen molar-refractivity contribution in [1.29, 1.82) is 0 Å². The van der Waals surface area contributed by atoms with Gasteiger partial charge >= 0.3 is 0 Å². The van der Waals surface area contributed by atoms with E-state index in [1.165, 1.54) is 19.3 Å². The molecule has 0 aliphatic carbocycles. The van der Waals surface area contributed by atoms with E-state index in [4.69, 9.17) is 4.74 Å². The fraction of sp³-hybridized carbons (Fsp3) is 0.875. The second-order valence-corrected chi connectivity index (χ2v) is 2.71. The van der Waals surface area contributed by atoms with Gasteiger partial charge in [-0.25, -0.2) is 0 Å². The first-order valence-electron chi connectivity index (χ1n) is 4.12. The number of unbranched alkanes of at least 4 members (excludes halogenated alkanes) is 1. The van der Waals surface area contributed by atoms with Crippen LogP contribution in [0.1, 0.15) is 26.2 Å². The molecule has 1 saturated heterocycles. The van der Waals surface area contributed by atoms with Gasteiger partial charge in [-0.15, -0.1) is 0 Å². The topological polar surface area (TPSA) is 21.3 Å². The van der Waals surface area contributed by atoms with Crippen molar-refractivity contribution >= 4 is 0 Å². The van der Waals surface area contributed by atoms with Crippen LogP contribution < -0.4 is 5.32 Å². The van der Waals surface area contributed by atoms with Gasteiger partial charge < -0.3 is 10.1 Å². The SMILES string of the molecule is CCCCC1[CH]OCCN1. The highest BCUT2D eigenvalue weighted by molar-refractivity contribution is 4.78. The Bertz CT molecular complexity index is 79.3. The fourth-order valence-electron chi connectivity index (χ4n) is 1.13. The molecule has 2 heteroatoms. The molecule has 10 heavy (non-hydrogen) atoms. The van der Waals surface area contributed by atoms with Gasteiger partial charge in [0.15, 0.2) is 0 Å². The van der Waals surface area contributed by atoms with Crippen molar-refractivity contribution in [3.05, 3.63) is 6.61 Å². The Morgan fingerprint density at radius 2 is 2.60 bits per heavy atom. The van der Waals surface area contributed by atoms with Gasteiger partial charge in [-0.3, -0.25) is 0 Å². The summed E-state index contributed by atoms with van der Waals surface area (Å²) in [6.07, 6.45) is 3.78. The van der Waals surface area contributed by atoms with Crippen LogP contribution in [0.15, 0.2) is 0 Å². The molecule has 0 saturated carbocycles. The molecule has 0 aromatic carbocycles. The molecule has 1 rings (SSSR count). The second-order valence-electron chi connectivity index (χ2n) is 2.71. The predicted octanol–water partition coefficient (Wildman–Crippen LogP) is 1.33. The van der Waals surface area contributed by atoms with Crippen LogP contribution in [0.3, 0.4) is 0 Å². The summed E-state index contributed by atoms with van der Waals surface area (Å²) in [6, 6.07) is 0.508. The molecule has 1 aliphatic heterocycles. The Kier molecular flexibility index (Phi) is 3.76. The smallest absolute Gasteiger partial charge is 0.100 e. The zero-order valence-corrected chi connectivity index (χ0v) is 6.60. The van der Waals surface area contributed by atoms with Crippen LogP contribution >= 0.6 is 0 Å². The van der Waals surface area contributed by atoms with Crippen molar-refractivity contribution in [2.45, 2.75) is 32.2 Å². The highest BCUT2D eigenvalue weighted by Crippen LogP contribution is 2.06. The minimum atomic E-state index is 0.508. The highest BCUT2D eigenvalue weighted by atomic mass is 16.5. The molecular formula is C8H16NO. The molecule has 0 aromatic heterocycles. The van der Waals surface area contributed by atoms with Crippen molar-refractivity contribution in [3.8, 4) is 0 Å². The van der Waals surface area contributed by atoms with Crippen LogP contribution in [-0.4, -0.2) is 19.2 Å². The summed E-state index contributed by atoms with van der Waals surface area (Å²) < 4.78 is 5.19. The second kappa shape index (κ2) is 4.69. The van der Waals surface area contributed by atoms with Crippen molar-refractivity contribution in [3.63, 3.8) is 0 Å². The summed E-state index contributed by atoms with van der Waals surface area (Å²) in [4.78, 5) is 0. The van der Waals surface area contributed by atoms with Gasteiger partial charge in [0.2, 0.25) is 0 Å². The number of hydrogen-bond acceptors (Lipinski definition) is 2. The van der Waals surface area contributed by atoms with Gasteiger partial charge in [0.05, 0.1) is 6.61 Å². The largest absolute Gasteiger partial charge is 0.373 e. The maximum absolute atomic E-state index is 5.19. The van der Waals surface area contributed by atoms with Crippen LogP contribution in [0.2, 0.25) is 0 Å². The van der Waals surface area contributed by atoms with Crippen LogP contribution in [-0.2, 0) is 4.74 Å². The van der Waals surface area contributed by atoms with E-state index in [9.17, 15) is 0 Å². The molecule has 1 fully saturated rings. The average Bonchev–Trinajstić information content (AvgIpc) is 2.03. The summed E-state index contributed by atoms with van der Waals surface area (Å²) >= 11 is 0. The van der Waals surface area contributed by atoms with Crippen LogP contribution in [0.4, 0.5) is 0 Å². The Morgan fingerprint density at radius 3 is 3.20 bits per heavy atom. The molecule has 0 bridgehead atoms. The summed E-state index contributed by atoms with van der Waals surface area (Å²) in [6.45, 7) is 5.98. The lowest BCUT2D eigenvalue weighted by Crippen LogP contribution is -2.37. The third kappa shape index (κ3) is 2.67. The number of hydrogen-bond donors (Lipinski definition) is 1. The molecule has 59 valence electrons. The van der Waals surface area contributed by atoms with Crippen LogP contribution in [0.5, 0.6) is 0 Å². The van der Waals surface area contributed by atoms with Crippen LogP contribution in [0, 0.1) is 6.61 Å². The van der Waals surface area contributed by atoms with Crippen LogP contribution in [0.25, 0.3) is 0 Å². The fourth-order valence-corrected chi connectivity index (χ4v) is 1.13. The van der Waals surface area contributed by atoms with Gasteiger partial charge in [0.1, 0.15) is 6.61 Å².